The third-order valence-corrected chi connectivity index (χ3v) is 4.59. The molecule has 0 unspecified atom stereocenters. The molecule has 1 atom stereocenters. The van der Waals surface area contributed by atoms with Gasteiger partial charge in [-0.15, -0.1) is 0 Å². The van der Waals surface area contributed by atoms with Gasteiger partial charge >= 0.3 is 5.97 Å². The largest absolute Gasteiger partial charge is 0.462 e. The lowest BCUT2D eigenvalue weighted by Gasteiger charge is -2.27. The Kier molecular flexibility index (Phi) is 4.76. The second-order valence-corrected chi connectivity index (χ2v) is 6.32. The van der Waals surface area contributed by atoms with Crippen molar-refractivity contribution in [1.29, 1.82) is 0 Å². The van der Waals surface area contributed by atoms with Crippen LogP contribution in [0.25, 0.3) is 0 Å². The van der Waals surface area contributed by atoms with Crippen LogP contribution in [-0.2, 0) is 4.74 Å². The molecule has 28 heavy (non-hydrogen) atoms. The van der Waals surface area contributed by atoms with Gasteiger partial charge in [-0.05, 0) is 49.4 Å². The number of hydrogen-bond donors (Lipinski definition) is 1. The van der Waals surface area contributed by atoms with Gasteiger partial charge in [0.1, 0.15) is 6.17 Å². The lowest BCUT2D eigenvalue weighted by atomic mass is 10.1. The first kappa shape index (κ1) is 17.7. The van der Waals surface area contributed by atoms with Crippen molar-refractivity contribution >= 4 is 23.3 Å². The molecule has 0 saturated carbocycles. The van der Waals surface area contributed by atoms with Gasteiger partial charge in [0.25, 0.3) is 5.91 Å². The SMILES string of the molecule is CCOC(=O)c1ccc(N[C@@H]2c3ccccc3C(=O)N2c2cccnc2)cc1. The number of nitrogens with zero attached hydrogens (tertiary/aromatic N) is 2. The molecule has 1 amide bonds. The Morgan fingerprint density at radius 3 is 2.61 bits per heavy atom. The van der Waals surface area contributed by atoms with Crippen LogP contribution in [0.5, 0.6) is 0 Å². The summed E-state index contributed by atoms with van der Waals surface area (Å²) >= 11 is 0. The third-order valence-electron chi connectivity index (χ3n) is 4.59. The van der Waals surface area contributed by atoms with Crippen molar-refractivity contribution in [2.24, 2.45) is 0 Å². The number of pyridine rings is 1. The Labute approximate surface area is 162 Å². The molecular formula is C22H19N3O3. The molecule has 2 aromatic carbocycles. The van der Waals surface area contributed by atoms with Gasteiger partial charge in [0, 0.05) is 23.0 Å². The minimum absolute atomic E-state index is 0.0794. The van der Waals surface area contributed by atoms with E-state index in [9.17, 15) is 9.59 Å². The summed E-state index contributed by atoms with van der Waals surface area (Å²) < 4.78 is 5.02. The van der Waals surface area contributed by atoms with Crippen LogP contribution in [0.4, 0.5) is 11.4 Å². The summed E-state index contributed by atoms with van der Waals surface area (Å²) in [7, 11) is 0. The van der Waals surface area contributed by atoms with Crippen molar-refractivity contribution in [3.8, 4) is 0 Å². The fraction of sp³-hybridized carbons (Fsp3) is 0.136. The quantitative estimate of drug-likeness (QED) is 0.684. The average molecular weight is 373 g/mol. The van der Waals surface area contributed by atoms with Crippen LogP contribution in [0.3, 0.4) is 0 Å². The van der Waals surface area contributed by atoms with Gasteiger partial charge in [0.05, 0.1) is 24.1 Å². The summed E-state index contributed by atoms with van der Waals surface area (Å²) in [5.74, 6) is -0.434. The van der Waals surface area contributed by atoms with E-state index >= 15 is 0 Å². The maximum Gasteiger partial charge on any atom is 0.338 e. The molecule has 0 radical (unpaired) electrons. The van der Waals surface area contributed by atoms with Crippen LogP contribution in [0.15, 0.2) is 73.1 Å². The zero-order valence-electron chi connectivity index (χ0n) is 15.3. The number of carbonyl (C=O) groups excluding carboxylic acids is 2. The number of esters is 1. The molecule has 0 saturated heterocycles. The smallest absolute Gasteiger partial charge is 0.338 e. The normalized spacial score (nSPS) is 15.2. The highest BCUT2D eigenvalue weighted by atomic mass is 16.5. The Bertz CT molecular complexity index is 1000. The number of nitrogens with one attached hydrogen (secondary N) is 1. The Hall–Kier alpha value is -3.67. The Morgan fingerprint density at radius 1 is 1.11 bits per heavy atom. The molecule has 1 aromatic heterocycles. The minimum Gasteiger partial charge on any atom is -0.462 e. The highest BCUT2D eigenvalue weighted by Gasteiger charge is 2.37. The molecule has 3 aromatic rings. The molecule has 1 aliphatic heterocycles. The molecular weight excluding hydrogens is 354 g/mol. The van der Waals surface area contributed by atoms with E-state index in [0.717, 1.165) is 11.3 Å². The summed E-state index contributed by atoms with van der Waals surface area (Å²) in [6.07, 6.45) is 2.97. The number of fused-ring (bicyclic) bond motifs is 1. The van der Waals surface area contributed by atoms with Crippen molar-refractivity contribution in [2.75, 3.05) is 16.8 Å². The topological polar surface area (TPSA) is 71.5 Å². The number of anilines is 2. The van der Waals surface area contributed by atoms with Gasteiger partial charge in [-0.25, -0.2) is 4.79 Å². The van der Waals surface area contributed by atoms with E-state index < -0.39 is 0 Å². The van der Waals surface area contributed by atoms with E-state index in [1.54, 1.807) is 54.5 Å². The summed E-state index contributed by atoms with van der Waals surface area (Å²) in [5, 5.41) is 3.40. The van der Waals surface area contributed by atoms with Crippen LogP contribution in [-0.4, -0.2) is 23.5 Å². The molecule has 140 valence electrons. The average Bonchev–Trinajstić information content (AvgIpc) is 3.01. The van der Waals surface area contributed by atoms with Gasteiger partial charge in [0.2, 0.25) is 0 Å². The third kappa shape index (κ3) is 3.20. The van der Waals surface area contributed by atoms with Gasteiger partial charge in [-0.1, -0.05) is 18.2 Å². The number of ether oxygens (including phenoxy) is 1. The highest BCUT2D eigenvalue weighted by molar-refractivity contribution is 6.11. The van der Waals surface area contributed by atoms with Gasteiger partial charge in [-0.2, -0.15) is 0 Å². The van der Waals surface area contributed by atoms with Crippen molar-refractivity contribution < 1.29 is 14.3 Å². The first-order valence-electron chi connectivity index (χ1n) is 9.05. The summed E-state index contributed by atoms with van der Waals surface area (Å²) in [4.78, 5) is 30.7. The lowest BCUT2D eigenvalue weighted by molar-refractivity contribution is 0.0526. The number of hydrogen-bond acceptors (Lipinski definition) is 5. The van der Waals surface area contributed by atoms with Crippen LogP contribution in [0.2, 0.25) is 0 Å². The molecule has 0 aliphatic carbocycles. The molecule has 1 N–H and O–H groups in total. The number of benzene rings is 2. The van der Waals surface area contributed by atoms with Crippen LogP contribution in [0.1, 0.15) is 39.4 Å². The summed E-state index contributed by atoms with van der Waals surface area (Å²) in [5.41, 5.74) is 3.54. The molecule has 1 aliphatic rings. The van der Waals surface area contributed by atoms with Crippen molar-refractivity contribution in [1.82, 2.24) is 4.98 Å². The minimum atomic E-state index is -0.374. The number of rotatable bonds is 5. The molecule has 0 fully saturated rings. The van der Waals surface area contributed by atoms with Gasteiger partial charge in [0.15, 0.2) is 0 Å². The zero-order chi connectivity index (χ0) is 19.5. The standard InChI is InChI=1S/C22H19N3O3/c1-2-28-22(27)15-9-11-16(12-10-15)24-20-18-7-3-4-8-19(18)21(26)25(20)17-6-5-13-23-14-17/h3-14,20,24H,2H2,1H3/t20-/m0/s1. The first-order valence-corrected chi connectivity index (χ1v) is 9.05. The second kappa shape index (κ2) is 7.52. The van der Waals surface area contributed by atoms with E-state index in [2.05, 4.69) is 10.3 Å². The predicted octanol–water partition coefficient (Wildman–Crippen LogP) is 4.03. The van der Waals surface area contributed by atoms with Crippen molar-refractivity contribution in [3.63, 3.8) is 0 Å². The monoisotopic (exact) mass is 373 g/mol. The maximum absolute atomic E-state index is 13.0. The lowest BCUT2D eigenvalue weighted by Crippen LogP contribution is -2.32. The van der Waals surface area contributed by atoms with E-state index in [1.165, 1.54) is 0 Å². The maximum atomic E-state index is 13.0. The fourth-order valence-corrected chi connectivity index (χ4v) is 3.30. The summed E-state index contributed by atoms with van der Waals surface area (Å²) in [6.45, 7) is 2.11. The predicted molar refractivity (Wildman–Crippen MR) is 106 cm³/mol. The van der Waals surface area contributed by atoms with Gasteiger partial charge in [-0.3, -0.25) is 14.7 Å². The van der Waals surface area contributed by atoms with E-state index in [-0.39, 0.29) is 18.0 Å². The van der Waals surface area contributed by atoms with E-state index in [0.29, 0.717) is 23.4 Å². The number of amides is 1. The van der Waals surface area contributed by atoms with E-state index in [4.69, 9.17) is 4.74 Å². The molecule has 6 nitrogen and oxygen atoms in total. The highest BCUT2D eigenvalue weighted by Crippen LogP contribution is 2.37. The Balaban J connectivity index is 1.66. The molecule has 6 heteroatoms. The zero-order valence-corrected chi connectivity index (χ0v) is 15.3. The van der Waals surface area contributed by atoms with E-state index in [1.807, 2.05) is 30.3 Å². The molecule has 0 spiro atoms. The van der Waals surface area contributed by atoms with Crippen LogP contribution >= 0.6 is 0 Å². The Morgan fingerprint density at radius 2 is 1.89 bits per heavy atom. The van der Waals surface area contributed by atoms with Crippen molar-refractivity contribution in [3.05, 3.63) is 89.7 Å². The molecule has 4 rings (SSSR count). The van der Waals surface area contributed by atoms with Crippen LogP contribution in [0, 0.1) is 0 Å². The number of aromatic nitrogens is 1. The molecule has 0 bridgehead atoms. The summed E-state index contributed by atoms with van der Waals surface area (Å²) in [6, 6.07) is 18.2. The number of carbonyl (C=O) groups is 2. The fourth-order valence-electron chi connectivity index (χ4n) is 3.30. The van der Waals surface area contributed by atoms with Gasteiger partial charge < -0.3 is 10.1 Å². The van der Waals surface area contributed by atoms with Crippen molar-refractivity contribution in [2.45, 2.75) is 13.1 Å². The first-order chi connectivity index (χ1) is 13.7. The molecule has 2 heterocycles. The van der Waals surface area contributed by atoms with Crippen LogP contribution < -0.4 is 10.2 Å². The second-order valence-electron chi connectivity index (χ2n) is 6.32.